The second-order valence-electron chi connectivity index (χ2n) is 8.62. The van der Waals surface area contributed by atoms with Gasteiger partial charge < -0.3 is 19.9 Å². The Morgan fingerprint density at radius 1 is 1.30 bits per heavy atom. The zero-order chi connectivity index (χ0) is 24.0. The van der Waals surface area contributed by atoms with Crippen LogP contribution in [0.2, 0.25) is 0 Å². The third-order valence-corrected chi connectivity index (χ3v) is 4.70. The summed E-state index contributed by atoms with van der Waals surface area (Å²) in [5, 5.41) is 2.69. The van der Waals surface area contributed by atoms with E-state index in [1.54, 1.807) is 63.6 Å². The van der Waals surface area contributed by atoms with Crippen LogP contribution in [0.15, 0.2) is 66.2 Å². The Morgan fingerprint density at radius 2 is 2.09 bits per heavy atom. The number of nitrogens with two attached hydrogens (primary N) is 1. The minimum absolute atomic E-state index is 0.207. The van der Waals surface area contributed by atoms with E-state index in [1.807, 2.05) is 19.1 Å². The first-order valence-corrected chi connectivity index (χ1v) is 10.7. The van der Waals surface area contributed by atoms with Crippen LogP contribution < -0.4 is 15.8 Å². The van der Waals surface area contributed by atoms with Gasteiger partial charge in [0.05, 0.1) is 6.26 Å². The summed E-state index contributed by atoms with van der Waals surface area (Å²) in [6, 6.07) is 8.61. The molecule has 1 aliphatic rings. The second-order valence-corrected chi connectivity index (χ2v) is 8.62. The van der Waals surface area contributed by atoms with Crippen molar-refractivity contribution in [3.63, 3.8) is 0 Å². The summed E-state index contributed by atoms with van der Waals surface area (Å²) in [4.78, 5) is 20.8. The topological polar surface area (TPSA) is 109 Å². The first kappa shape index (κ1) is 23.8. The van der Waals surface area contributed by atoms with E-state index in [4.69, 9.17) is 19.9 Å². The van der Waals surface area contributed by atoms with Gasteiger partial charge in [-0.05, 0) is 58.2 Å². The van der Waals surface area contributed by atoms with E-state index in [-0.39, 0.29) is 5.92 Å². The highest BCUT2D eigenvalue weighted by Crippen LogP contribution is 2.29. The number of ether oxygens (including phenoxy) is 3. The summed E-state index contributed by atoms with van der Waals surface area (Å²) in [5.41, 5.74) is 7.66. The number of hydrogen-bond donors (Lipinski definition) is 2. The molecular formula is C25H30N4O4. The fourth-order valence-corrected chi connectivity index (χ4v) is 3.06. The molecule has 1 unspecified atom stereocenters. The van der Waals surface area contributed by atoms with Crippen molar-refractivity contribution in [2.24, 2.45) is 11.7 Å². The molecule has 1 aliphatic heterocycles. The lowest BCUT2D eigenvalue weighted by molar-refractivity contribution is 0.0636. The van der Waals surface area contributed by atoms with E-state index >= 15 is 0 Å². The summed E-state index contributed by atoms with van der Waals surface area (Å²) in [6.45, 7) is 9.39. The number of benzene rings is 1. The lowest BCUT2D eigenvalue weighted by atomic mass is 9.96. The highest BCUT2D eigenvalue weighted by molar-refractivity contribution is 5.85. The van der Waals surface area contributed by atoms with E-state index < -0.39 is 11.7 Å². The number of nitrogens with one attached hydrogen (secondary N) is 1. The van der Waals surface area contributed by atoms with Crippen molar-refractivity contribution < 1.29 is 19.0 Å². The molecule has 0 radical (unpaired) electrons. The van der Waals surface area contributed by atoms with Gasteiger partial charge >= 0.3 is 6.09 Å². The average molecular weight is 451 g/mol. The molecule has 1 aromatic carbocycles. The van der Waals surface area contributed by atoms with Gasteiger partial charge in [-0.2, -0.15) is 4.98 Å². The van der Waals surface area contributed by atoms with Crippen molar-refractivity contribution in [1.29, 1.82) is 0 Å². The van der Waals surface area contributed by atoms with E-state index in [0.29, 0.717) is 34.6 Å². The Labute approximate surface area is 194 Å². The summed E-state index contributed by atoms with van der Waals surface area (Å²) in [7, 11) is 0. The molecule has 1 amide bonds. The monoisotopic (exact) mass is 450 g/mol. The van der Waals surface area contributed by atoms with Crippen LogP contribution in [0.1, 0.15) is 46.9 Å². The van der Waals surface area contributed by atoms with Gasteiger partial charge in [-0.25, -0.2) is 9.78 Å². The number of hydrogen-bond acceptors (Lipinski definition) is 7. The van der Waals surface area contributed by atoms with Crippen LogP contribution in [-0.2, 0) is 9.47 Å². The van der Waals surface area contributed by atoms with Crippen molar-refractivity contribution in [3.05, 3.63) is 72.0 Å². The Morgan fingerprint density at radius 3 is 2.82 bits per heavy atom. The quantitative estimate of drug-likeness (QED) is 0.596. The minimum Gasteiger partial charge on any atom is -0.461 e. The molecule has 174 valence electrons. The highest BCUT2D eigenvalue weighted by atomic mass is 16.6. The third-order valence-electron chi connectivity index (χ3n) is 4.70. The van der Waals surface area contributed by atoms with Crippen molar-refractivity contribution in [2.75, 3.05) is 5.32 Å². The van der Waals surface area contributed by atoms with Gasteiger partial charge in [0.25, 0.3) is 0 Å². The van der Waals surface area contributed by atoms with Crippen LogP contribution >= 0.6 is 0 Å². The molecule has 0 spiro atoms. The maximum absolute atomic E-state index is 12.0. The number of allylic oxidation sites excluding steroid dienone is 3. The van der Waals surface area contributed by atoms with Crippen LogP contribution in [0.4, 0.5) is 10.5 Å². The largest absolute Gasteiger partial charge is 0.461 e. The van der Waals surface area contributed by atoms with E-state index in [2.05, 4.69) is 22.2 Å². The number of carbonyl (C=O) groups excluding carboxylic acids is 1. The Hall–Kier alpha value is -3.81. The normalized spacial score (nSPS) is 16.6. The standard InChI is InChI=1S/C25H30N4O4/c1-6-20(26)19-15-31-21(11-10-16(19)2)23-27-13-12-22(29-23)32-18-9-7-8-17(14-18)28-24(30)33-25(3,4)5/h6-9,11-16H,10,26H2,1-5H3,(H,28,30)/b20-6+. The molecule has 0 bridgehead atoms. The molecule has 0 fully saturated rings. The smallest absolute Gasteiger partial charge is 0.412 e. The number of anilines is 1. The van der Waals surface area contributed by atoms with Crippen molar-refractivity contribution in [1.82, 2.24) is 9.97 Å². The maximum Gasteiger partial charge on any atom is 0.412 e. The zero-order valence-corrected chi connectivity index (χ0v) is 19.6. The molecule has 2 aromatic rings. The van der Waals surface area contributed by atoms with E-state index in [1.165, 1.54) is 0 Å². The van der Waals surface area contributed by atoms with Crippen molar-refractivity contribution >= 4 is 17.5 Å². The summed E-state index contributed by atoms with van der Waals surface area (Å²) in [6.07, 6.45) is 7.25. The fraction of sp³-hybridized carbons (Fsp3) is 0.320. The number of aromatic nitrogens is 2. The van der Waals surface area contributed by atoms with E-state index in [9.17, 15) is 4.79 Å². The molecule has 1 atom stereocenters. The van der Waals surface area contributed by atoms with Gasteiger partial charge in [-0.15, -0.1) is 0 Å². The van der Waals surface area contributed by atoms with Crippen LogP contribution in [0.5, 0.6) is 11.6 Å². The Bertz CT molecular complexity index is 1100. The SMILES string of the molecule is C/C=C(/N)C1=COC(c2nccc(Oc3cccc(NC(=O)OC(C)(C)C)c3)n2)=CCC1C. The van der Waals surface area contributed by atoms with Crippen LogP contribution in [0, 0.1) is 5.92 Å². The maximum atomic E-state index is 12.0. The number of nitrogens with zero attached hydrogens (tertiary/aromatic N) is 2. The molecular weight excluding hydrogens is 420 g/mol. The molecule has 0 saturated carbocycles. The first-order valence-electron chi connectivity index (χ1n) is 10.7. The van der Waals surface area contributed by atoms with Gasteiger partial charge in [0.15, 0.2) is 11.6 Å². The molecule has 33 heavy (non-hydrogen) atoms. The molecule has 3 N–H and O–H groups in total. The molecule has 8 heteroatoms. The zero-order valence-electron chi connectivity index (χ0n) is 19.6. The van der Waals surface area contributed by atoms with Crippen molar-refractivity contribution in [3.8, 4) is 11.6 Å². The van der Waals surface area contributed by atoms with E-state index in [0.717, 1.165) is 12.0 Å². The van der Waals surface area contributed by atoms with Gasteiger partial charge in [-0.3, -0.25) is 5.32 Å². The predicted molar refractivity (Wildman–Crippen MR) is 127 cm³/mol. The lowest BCUT2D eigenvalue weighted by Crippen LogP contribution is -2.27. The van der Waals surface area contributed by atoms with Gasteiger partial charge in [0, 0.05) is 35.3 Å². The predicted octanol–water partition coefficient (Wildman–Crippen LogP) is 5.76. The minimum atomic E-state index is -0.587. The molecule has 1 aromatic heterocycles. The van der Waals surface area contributed by atoms with Gasteiger partial charge in [0.2, 0.25) is 5.88 Å². The van der Waals surface area contributed by atoms with Gasteiger partial charge in [-0.1, -0.05) is 19.1 Å². The average Bonchev–Trinajstić information content (AvgIpc) is 2.94. The summed E-state index contributed by atoms with van der Waals surface area (Å²) in [5.74, 6) is 1.98. The molecule has 0 aliphatic carbocycles. The van der Waals surface area contributed by atoms with Crippen molar-refractivity contribution in [2.45, 2.75) is 46.6 Å². The number of carbonyl (C=O) groups is 1. The second kappa shape index (κ2) is 10.2. The molecule has 0 saturated heterocycles. The fourth-order valence-electron chi connectivity index (χ4n) is 3.06. The highest BCUT2D eigenvalue weighted by Gasteiger charge is 2.18. The molecule has 3 rings (SSSR count). The summed E-state index contributed by atoms with van der Waals surface area (Å²) < 4.78 is 17.0. The first-order chi connectivity index (χ1) is 15.6. The summed E-state index contributed by atoms with van der Waals surface area (Å²) >= 11 is 0. The number of amides is 1. The van der Waals surface area contributed by atoms with Gasteiger partial charge in [0.1, 0.15) is 11.4 Å². The van der Waals surface area contributed by atoms with Crippen LogP contribution in [0.25, 0.3) is 5.76 Å². The van der Waals surface area contributed by atoms with Crippen LogP contribution in [-0.4, -0.2) is 21.7 Å². The molecule has 2 heterocycles. The molecule has 8 nitrogen and oxygen atoms in total. The Kier molecular flexibility index (Phi) is 7.37. The Balaban J connectivity index is 1.73. The lowest BCUT2D eigenvalue weighted by Gasteiger charge is -2.19. The number of rotatable bonds is 5. The van der Waals surface area contributed by atoms with Crippen LogP contribution in [0.3, 0.4) is 0 Å². The third kappa shape index (κ3) is 6.83.